The topological polar surface area (TPSA) is 110 Å². The summed E-state index contributed by atoms with van der Waals surface area (Å²) in [5, 5.41) is 4.86. The summed E-state index contributed by atoms with van der Waals surface area (Å²) in [6.45, 7) is 0.587. The van der Waals surface area contributed by atoms with E-state index in [1.54, 1.807) is 0 Å². The number of unbranched alkanes of at least 4 members (excludes halogenated alkanes) is 1. The van der Waals surface area contributed by atoms with Crippen molar-refractivity contribution in [2.45, 2.75) is 31.7 Å². The average Bonchev–Trinajstić information content (AvgIpc) is 2.28. The van der Waals surface area contributed by atoms with Gasteiger partial charge in [-0.05, 0) is 19.4 Å². The van der Waals surface area contributed by atoms with Crippen molar-refractivity contribution in [2.24, 2.45) is 11.5 Å². The number of rotatable bonds is 7. The molecule has 0 aliphatic heterocycles. The standard InChI is InChI=1S/C10H20N4O2S/c1-13-8(15)6-9(17)14-10(16)7(12)4-2-3-5-11/h7H,2-6,11-12H2,1H3,(H,13,15)(H,14,16,17)/t7-/m0/s1. The van der Waals surface area contributed by atoms with E-state index < -0.39 is 6.04 Å². The second kappa shape index (κ2) is 9.03. The first-order valence-electron chi connectivity index (χ1n) is 5.51. The van der Waals surface area contributed by atoms with Crippen LogP contribution in [-0.4, -0.2) is 36.4 Å². The second-order valence-electron chi connectivity index (χ2n) is 3.65. The molecule has 0 aliphatic carbocycles. The highest BCUT2D eigenvalue weighted by Crippen LogP contribution is 1.98. The van der Waals surface area contributed by atoms with E-state index >= 15 is 0 Å². The predicted octanol–water partition coefficient (Wildman–Crippen LogP) is -0.978. The summed E-state index contributed by atoms with van der Waals surface area (Å²) in [4.78, 5) is 22.7. The van der Waals surface area contributed by atoms with E-state index in [1.165, 1.54) is 7.05 Å². The number of carbonyl (C=O) groups excluding carboxylic acids is 2. The van der Waals surface area contributed by atoms with Crippen molar-refractivity contribution >= 4 is 29.0 Å². The molecule has 98 valence electrons. The van der Waals surface area contributed by atoms with Crippen molar-refractivity contribution in [3.63, 3.8) is 0 Å². The number of hydrogen-bond donors (Lipinski definition) is 4. The molecule has 0 aliphatic rings. The maximum atomic E-state index is 11.5. The Morgan fingerprint density at radius 2 is 2.00 bits per heavy atom. The molecule has 0 spiro atoms. The van der Waals surface area contributed by atoms with Crippen molar-refractivity contribution in [2.75, 3.05) is 13.6 Å². The lowest BCUT2D eigenvalue weighted by atomic mass is 10.1. The first-order chi connectivity index (χ1) is 8.01. The summed E-state index contributed by atoms with van der Waals surface area (Å²) in [6, 6.07) is -0.607. The quantitative estimate of drug-likeness (QED) is 0.347. The van der Waals surface area contributed by atoms with Crippen LogP contribution >= 0.6 is 12.2 Å². The Morgan fingerprint density at radius 3 is 2.53 bits per heavy atom. The molecule has 7 heteroatoms. The molecule has 0 fully saturated rings. The van der Waals surface area contributed by atoms with Gasteiger partial charge in [0.25, 0.3) is 0 Å². The molecule has 0 radical (unpaired) electrons. The summed E-state index contributed by atoms with van der Waals surface area (Å²) in [7, 11) is 1.51. The largest absolute Gasteiger partial charge is 0.359 e. The van der Waals surface area contributed by atoms with Gasteiger partial charge in [-0.1, -0.05) is 18.6 Å². The smallest absolute Gasteiger partial charge is 0.241 e. The fourth-order valence-corrected chi connectivity index (χ4v) is 1.38. The van der Waals surface area contributed by atoms with Gasteiger partial charge in [-0.25, -0.2) is 0 Å². The SMILES string of the molecule is CNC(=O)CC(=S)NC(=O)[C@@H](N)CCCCN. The summed E-state index contributed by atoms with van der Waals surface area (Å²) in [6.07, 6.45) is 2.19. The van der Waals surface area contributed by atoms with Crippen LogP contribution in [0.4, 0.5) is 0 Å². The number of hydrogen-bond acceptors (Lipinski definition) is 5. The molecular formula is C10H20N4O2S. The van der Waals surface area contributed by atoms with Crippen molar-refractivity contribution in [1.29, 1.82) is 0 Å². The van der Waals surface area contributed by atoms with Gasteiger partial charge in [0, 0.05) is 7.05 Å². The van der Waals surface area contributed by atoms with Crippen LogP contribution in [0.3, 0.4) is 0 Å². The van der Waals surface area contributed by atoms with Gasteiger partial charge in [0.1, 0.15) is 0 Å². The van der Waals surface area contributed by atoms with E-state index in [9.17, 15) is 9.59 Å². The highest BCUT2D eigenvalue weighted by Gasteiger charge is 2.15. The normalized spacial score (nSPS) is 11.7. The first-order valence-corrected chi connectivity index (χ1v) is 5.92. The van der Waals surface area contributed by atoms with Gasteiger partial charge in [-0.2, -0.15) is 0 Å². The molecule has 0 saturated carbocycles. The Balaban J connectivity index is 3.90. The number of carbonyl (C=O) groups is 2. The average molecular weight is 260 g/mol. The van der Waals surface area contributed by atoms with E-state index in [-0.39, 0.29) is 23.2 Å². The fourth-order valence-electron chi connectivity index (χ4n) is 1.15. The maximum Gasteiger partial charge on any atom is 0.241 e. The minimum Gasteiger partial charge on any atom is -0.359 e. The third kappa shape index (κ3) is 7.78. The van der Waals surface area contributed by atoms with E-state index in [0.29, 0.717) is 13.0 Å². The summed E-state index contributed by atoms with van der Waals surface area (Å²) in [5.41, 5.74) is 11.0. The highest BCUT2D eigenvalue weighted by molar-refractivity contribution is 7.80. The van der Waals surface area contributed by atoms with Crippen molar-refractivity contribution in [1.82, 2.24) is 10.6 Å². The molecule has 0 aromatic carbocycles. The zero-order valence-electron chi connectivity index (χ0n) is 9.99. The molecule has 0 unspecified atom stereocenters. The second-order valence-corrected chi connectivity index (χ2v) is 4.15. The van der Waals surface area contributed by atoms with Crippen LogP contribution in [0.5, 0.6) is 0 Å². The lowest BCUT2D eigenvalue weighted by Crippen LogP contribution is -2.43. The zero-order valence-corrected chi connectivity index (χ0v) is 10.8. The van der Waals surface area contributed by atoms with Gasteiger partial charge in [0.2, 0.25) is 11.8 Å². The molecule has 0 bridgehead atoms. The molecule has 0 aromatic rings. The Morgan fingerprint density at radius 1 is 1.35 bits per heavy atom. The highest BCUT2D eigenvalue weighted by atomic mass is 32.1. The Bertz CT molecular complexity index is 283. The summed E-state index contributed by atoms with van der Waals surface area (Å²) in [5.74, 6) is -0.595. The van der Waals surface area contributed by atoms with Crippen LogP contribution in [0.25, 0.3) is 0 Å². The fraction of sp³-hybridized carbons (Fsp3) is 0.700. The van der Waals surface area contributed by atoms with Crippen molar-refractivity contribution in [3.05, 3.63) is 0 Å². The molecule has 0 aromatic heterocycles. The Kier molecular flexibility index (Phi) is 8.47. The van der Waals surface area contributed by atoms with Gasteiger partial charge in [0.05, 0.1) is 17.5 Å². The third-order valence-corrected chi connectivity index (χ3v) is 2.41. The van der Waals surface area contributed by atoms with Crippen LogP contribution in [0.15, 0.2) is 0 Å². The molecule has 0 rings (SSSR count). The number of nitrogens with one attached hydrogen (secondary N) is 2. The first kappa shape index (κ1) is 16.0. The van der Waals surface area contributed by atoms with Crippen LogP contribution in [0.1, 0.15) is 25.7 Å². The van der Waals surface area contributed by atoms with E-state index in [2.05, 4.69) is 10.6 Å². The van der Waals surface area contributed by atoms with Gasteiger partial charge < -0.3 is 22.1 Å². The lowest BCUT2D eigenvalue weighted by Gasteiger charge is -2.12. The summed E-state index contributed by atoms with van der Waals surface area (Å²) >= 11 is 4.86. The Hall–Kier alpha value is -1.05. The monoisotopic (exact) mass is 260 g/mol. The zero-order chi connectivity index (χ0) is 13.3. The van der Waals surface area contributed by atoms with Gasteiger partial charge >= 0.3 is 0 Å². The molecule has 1 atom stereocenters. The van der Waals surface area contributed by atoms with Crippen molar-refractivity contribution in [3.8, 4) is 0 Å². The van der Waals surface area contributed by atoms with E-state index in [0.717, 1.165) is 12.8 Å². The van der Waals surface area contributed by atoms with Gasteiger partial charge in [0.15, 0.2) is 0 Å². The molecule has 0 heterocycles. The third-order valence-electron chi connectivity index (χ3n) is 2.17. The maximum absolute atomic E-state index is 11.5. The van der Waals surface area contributed by atoms with Crippen LogP contribution in [0.2, 0.25) is 0 Å². The minimum atomic E-state index is -0.607. The number of thiocarbonyl (C=S) groups is 1. The summed E-state index contributed by atoms with van der Waals surface area (Å²) < 4.78 is 0. The molecule has 0 saturated heterocycles. The lowest BCUT2D eigenvalue weighted by molar-refractivity contribution is -0.121. The molecule has 6 N–H and O–H groups in total. The van der Waals surface area contributed by atoms with Gasteiger partial charge in [-0.3, -0.25) is 9.59 Å². The van der Waals surface area contributed by atoms with Crippen LogP contribution < -0.4 is 22.1 Å². The van der Waals surface area contributed by atoms with Gasteiger partial charge in [-0.15, -0.1) is 0 Å². The molecule has 17 heavy (non-hydrogen) atoms. The predicted molar refractivity (Wildman–Crippen MR) is 70.3 cm³/mol. The molecule has 2 amide bonds. The Labute approximate surface area is 106 Å². The molecule has 6 nitrogen and oxygen atoms in total. The number of nitrogens with two attached hydrogens (primary N) is 2. The molecular weight excluding hydrogens is 240 g/mol. The van der Waals surface area contributed by atoms with Crippen molar-refractivity contribution < 1.29 is 9.59 Å². The van der Waals surface area contributed by atoms with Crippen LogP contribution in [0, 0.1) is 0 Å². The van der Waals surface area contributed by atoms with E-state index in [1.807, 2.05) is 0 Å². The van der Waals surface area contributed by atoms with E-state index in [4.69, 9.17) is 23.7 Å². The van der Waals surface area contributed by atoms with Crippen LogP contribution in [-0.2, 0) is 9.59 Å². The minimum absolute atomic E-state index is 0.00685. The number of amides is 2.